The van der Waals surface area contributed by atoms with Crippen LogP contribution >= 0.6 is 11.6 Å². The number of rotatable bonds is 1. The van der Waals surface area contributed by atoms with E-state index in [0.29, 0.717) is 0 Å². The number of hydrogen-bond donors (Lipinski definition) is 0. The van der Waals surface area contributed by atoms with E-state index in [0.717, 1.165) is 5.02 Å². The molecule has 1 rings (SSSR count). The minimum Gasteiger partial charge on any atom is -0.378 e. The van der Waals surface area contributed by atoms with E-state index in [1.807, 2.05) is 43.3 Å². The summed E-state index contributed by atoms with van der Waals surface area (Å²) in [6.07, 6.45) is 0. The Morgan fingerprint density at radius 2 is 1.60 bits per heavy atom. The van der Waals surface area contributed by atoms with Gasteiger partial charge in [-0.1, -0.05) is 11.6 Å². The summed E-state index contributed by atoms with van der Waals surface area (Å²) in [5.41, 5.74) is 1.17. The van der Waals surface area contributed by atoms with Crippen LogP contribution in [0.15, 0.2) is 24.3 Å². The lowest BCUT2D eigenvalue weighted by molar-refractivity contribution is 1.13. The molecule has 0 aromatic heterocycles. The van der Waals surface area contributed by atoms with Crippen molar-refractivity contribution in [2.45, 2.75) is 0 Å². The summed E-state index contributed by atoms with van der Waals surface area (Å²) in [4.78, 5) is 2.04. The van der Waals surface area contributed by atoms with Gasteiger partial charge in [0.25, 0.3) is 0 Å². The molecule has 0 atom stereocenters. The first-order chi connectivity index (χ1) is 4.70. The second-order valence-corrected chi connectivity index (χ2v) is 2.81. The molecule has 54 valence electrons. The molecule has 0 aliphatic rings. The van der Waals surface area contributed by atoms with Crippen molar-refractivity contribution in [3.8, 4) is 0 Å². The summed E-state index contributed by atoms with van der Waals surface area (Å²) in [7, 11) is 4.01. The van der Waals surface area contributed by atoms with Gasteiger partial charge in [-0.05, 0) is 24.3 Å². The summed E-state index contributed by atoms with van der Waals surface area (Å²) < 4.78 is 0. The Morgan fingerprint density at radius 1 is 1.10 bits per heavy atom. The molecule has 0 aliphatic heterocycles. The molecule has 0 N–H and O–H groups in total. The zero-order chi connectivity index (χ0) is 7.56. The highest BCUT2D eigenvalue weighted by Gasteiger charge is 1.91. The van der Waals surface area contributed by atoms with Crippen molar-refractivity contribution < 1.29 is 0 Å². The molecule has 1 nitrogen and oxygen atoms in total. The maximum atomic E-state index is 5.70. The highest BCUT2D eigenvalue weighted by molar-refractivity contribution is 6.30. The molecule has 0 saturated carbocycles. The van der Waals surface area contributed by atoms with Gasteiger partial charge in [0.2, 0.25) is 0 Å². The first kappa shape index (κ1) is 7.42. The monoisotopic (exact) mass is 155 g/mol. The Hall–Kier alpha value is -0.690. The summed E-state index contributed by atoms with van der Waals surface area (Å²) in [6, 6.07) is 7.75. The van der Waals surface area contributed by atoms with Crippen LogP contribution in [0, 0.1) is 0 Å². The average Bonchev–Trinajstić information content (AvgIpc) is 1.88. The van der Waals surface area contributed by atoms with Gasteiger partial charge in [0, 0.05) is 24.8 Å². The molecular formula is C8H10ClN. The number of hydrogen-bond acceptors (Lipinski definition) is 1. The largest absolute Gasteiger partial charge is 0.378 e. The van der Waals surface area contributed by atoms with Gasteiger partial charge in [-0.25, -0.2) is 0 Å². The lowest BCUT2D eigenvalue weighted by Gasteiger charge is -2.11. The molecular weight excluding hydrogens is 146 g/mol. The second-order valence-electron chi connectivity index (χ2n) is 2.37. The third-order valence-corrected chi connectivity index (χ3v) is 1.60. The quantitative estimate of drug-likeness (QED) is 0.602. The van der Waals surface area contributed by atoms with Crippen LogP contribution in [0.2, 0.25) is 5.02 Å². The Morgan fingerprint density at radius 3 is 2.00 bits per heavy atom. The van der Waals surface area contributed by atoms with E-state index in [2.05, 4.69) is 0 Å². The van der Waals surface area contributed by atoms with E-state index >= 15 is 0 Å². The molecule has 10 heavy (non-hydrogen) atoms. The molecule has 0 aliphatic carbocycles. The van der Waals surface area contributed by atoms with Crippen molar-refractivity contribution >= 4 is 17.3 Å². The lowest BCUT2D eigenvalue weighted by atomic mass is 10.3. The van der Waals surface area contributed by atoms with Crippen LogP contribution in [-0.2, 0) is 0 Å². The zero-order valence-corrected chi connectivity index (χ0v) is 6.89. The molecule has 0 amide bonds. The Kier molecular flexibility index (Phi) is 2.17. The van der Waals surface area contributed by atoms with Crippen molar-refractivity contribution in [1.29, 1.82) is 0 Å². The molecule has 0 spiro atoms. The van der Waals surface area contributed by atoms with Crippen LogP contribution in [0.25, 0.3) is 0 Å². The smallest absolute Gasteiger partial charge is 0.0407 e. The molecule has 2 heteroatoms. The fourth-order valence-electron chi connectivity index (χ4n) is 0.739. The van der Waals surface area contributed by atoms with E-state index < -0.39 is 0 Å². The molecule has 0 unspecified atom stereocenters. The second kappa shape index (κ2) is 2.93. The van der Waals surface area contributed by atoms with E-state index in [9.17, 15) is 0 Å². The molecule has 0 bridgehead atoms. The van der Waals surface area contributed by atoms with E-state index in [-0.39, 0.29) is 0 Å². The Bertz CT molecular complexity index is 203. The van der Waals surface area contributed by atoms with Gasteiger partial charge >= 0.3 is 0 Å². The molecule has 1 aromatic carbocycles. The van der Waals surface area contributed by atoms with Crippen molar-refractivity contribution in [1.82, 2.24) is 0 Å². The number of nitrogens with zero attached hydrogens (tertiary/aromatic N) is 1. The van der Waals surface area contributed by atoms with Crippen molar-refractivity contribution in [2.75, 3.05) is 19.0 Å². The van der Waals surface area contributed by atoms with Crippen molar-refractivity contribution in [3.63, 3.8) is 0 Å². The maximum absolute atomic E-state index is 5.70. The average molecular weight is 156 g/mol. The van der Waals surface area contributed by atoms with Gasteiger partial charge in [0.1, 0.15) is 0 Å². The fourth-order valence-corrected chi connectivity index (χ4v) is 0.865. The Labute approximate surface area is 66.2 Å². The van der Waals surface area contributed by atoms with Crippen molar-refractivity contribution in [3.05, 3.63) is 29.3 Å². The van der Waals surface area contributed by atoms with E-state index in [1.54, 1.807) is 0 Å². The van der Waals surface area contributed by atoms with Gasteiger partial charge in [-0.15, -0.1) is 0 Å². The molecule has 0 radical (unpaired) electrons. The number of anilines is 1. The minimum absolute atomic E-state index is 0.783. The predicted octanol–water partition coefficient (Wildman–Crippen LogP) is 2.41. The molecule has 0 heterocycles. The molecule has 0 saturated heterocycles. The van der Waals surface area contributed by atoms with Crippen LogP contribution in [0.1, 0.15) is 0 Å². The normalized spacial score (nSPS) is 9.50. The predicted molar refractivity (Wildman–Crippen MR) is 45.8 cm³/mol. The summed E-state index contributed by atoms with van der Waals surface area (Å²) in [5, 5.41) is 0.783. The van der Waals surface area contributed by atoms with Gasteiger partial charge in [-0.2, -0.15) is 0 Å². The van der Waals surface area contributed by atoms with Crippen LogP contribution < -0.4 is 4.90 Å². The minimum atomic E-state index is 0.783. The summed E-state index contributed by atoms with van der Waals surface area (Å²) in [6.45, 7) is 0. The van der Waals surface area contributed by atoms with Crippen molar-refractivity contribution in [2.24, 2.45) is 0 Å². The third-order valence-electron chi connectivity index (χ3n) is 1.34. The van der Waals surface area contributed by atoms with Crippen LogP contribution in [0.4, 0.5) is 5.69 Å². The highest BCUT2D eigenvalue weighted by Crippen LogP contribution is 2.14. The topological polar surface area (TPSA) is 3.24 Å². The van der Waals surface area contributed by atoms with Gasteiger partial charge < -0.3 is 4.90 Å². The van der Waals surface area contributed by atoms with Gasteiger partial charge in [0.05, 0.1) is 0 Å². The van der Waals surface area contributed by atoms with Crippen LogP contribution in [-0.4, -0.2) is 14.1 Å². The fraction of sp³-hybridized carbons (Fsp3) is 0.250. The van der Waals surface area contributed by atoms with Gasteiger partial charge in [0.15, 0.2) is 0 Å². The van der Waals surface area contributed by atoms with E-state index in [4.69, 9.17) is 11.6 Å². The standard InChI is InChI=1S/C8H10ClN/c1-10(2)8-5-3-7(9)4-6-8/h3-6H,1-2H3. The molecule has 1 aromatic rings. The summed E-state index contributed by atoms with van der Waals surface area (Å²) >= 11 is 5.70. The third kappa shape index (κ3) is 1.64. The number of halogens is 1. The maximum Gasteiger partial charge on any atom is 0.0407 e. The first-order valence-corrected chi connectivity index (χ1v) is 3.51. The van der Waals surface area contributed by atoms with Gasteiger partial charge in [-0.3, -0.25) is 0 Å². The number of benzene rings is 1. The lowest BCUT2D eigenvalue weighted by Crippen LogP contribution is -2.07. The first-order valence-electron chi connectivity index (χ1n) is 3.13. The zero-order valence-electron chi connectivity index (χ0n) is 6.13. The summed E-state index contributed by atoms with van der Waals surface area (Å²) in [5.74, 6) is 0. The Balaban J connectivity index is 2.89. The van der Waals surface area contributed by atoms with Crippen LogP contribution in [0.5, 0.6) is 0 Å². The molecule has 0 fully saturated rings. The van der Waals surface area contributed by atoms with Crippen LogP contribution in [0.3, 0.4) is 0 Å². The SMILES string of the molecule is CN(C)c1ccc(Cl)cc1. The highest BCUT2D eigenvalue weighted by atomic mass is 35.5. The van der Waals surface area contributed by atoms with E-state index in [1.165, 1.54) is 5.69 Å².